The number of amides is 1. The van der Waals surface area contributed by atoms with Gasteiger partial charge in [0.25, 0.3) is 0 Å². The van der Waals surface area contributed by atoms with Gasteiger partial charge in [0.1, 0.15) is 6.04 Å². The van der Waals surface area contributed by atoms with Crippen molar-refractivity contribution in [3.05, 3.63) is 0 Å². The number of ether oxygens (including phenoxy) is 1. The van der Waals surface area contributed by atoms with Crippen molar-refractivity contribution in [1.82, 2.24) is 4.90 Å². The zero-order valence-electron chi connectivity index (χ0n) is 9.65. The van der Waals surface area contributed by atoms with Gasteiger partial charge in [-0.3, -0.25) is 9.69 Å². The number of rotatable bonds is 5. The van der Waals surface area contributed by atoms with Crippen molar-refractivity contribution in [2.75, 3.05) is 32.8 Å². The van der Waals surface area contributed by atoms with Crippen molar-refractivity contribution in [3.63, 3.8) is 0 Å². The molecule has 4 N–H and O–H groups in total. The van der Waals surface area contributed by atoms with E-state index in [1.165, 1.54) is 12.8 Å². The molecule has 1 aliphatic heterocycles. The summed E-state index contributed by atoms with van der Waals surface area (Å²) < 4.78 is 5.30. The van der Waals surface area contributed by atoms with Crippen molar-refractivity contribution < 1.29 is 9.53 Å². The van der Waals surface area contributed by atoms with Gasteiger partial charge in [0, 0.05) is 13.1 Å². The minimum Gasteiger partial charge on any atom is -0.378 e. The van der Waals surface area contributed by atoms with Crippen LogP contribution < -0.4 is 11.5 Å². The fourth-order valence-corrected chi connectivity index (χ4v) is 2.49. The van der Waals surface area contributed by atoms with E-state index in [-0.39, 0.29) is 11.9 Å². The fourth-order valence-electron chi connectivity index (χ4n) is 2.49. The molecule has 2 fully saturated rings. The molecule has 5 heteroatoms. The van der Waals surface area contributed by atoms with E-state index in [1.54, 1.807) is 0 Å². The monoisotopic (exact) mass is 227 g/mol. The van der Waals surface area contributed by atoms with Gasteiger partial charge >= 0.3 is 0 Å². The average molecular weight is 227 g/mol. The Morgan fingerprint density at radius 3 is 2.81 bits per heavy atom. The van der Waals surface area contributed by atoms with Crippen LogP contribution in [0.2, 0.25) is 0 Å². The molecule has 1 saturated carbocycles. The van der Waals surface area contributed by atoms with Gasteiger partial charge in [-0.2, -0.15) is 0 Å². The Bertz CT molecular complexity index is 266. The van der Waals surface area contributed by atoms with Gasteiger partial charge in [0.2, 0.25) is 5.91 Å². The van der Waals surface area contributed by atoms with E-state index in [1.807, 2.05) is 0 Å². The van der Waals surface area contributed by atoms with Crippen molar-refractivity contribution in [3.8, 4) is 0 Å². The minimum absolute atomic E-state index is 0.246. The molecule has 1 amide bonds. The highest BCUT2D eigenvalue weighted by atomic mass is 16.5. The summed E-state index contributed by atoms with van der Waals surface area (Å²) in [5.74, 6) is -0.275. The van der Waals surface area contributed by atoms with E-state index >= 15 is 0 Å². The van der Waals surface area contributed by atoms with Gasteiger partial charge in [-0.25, -0.2) is 0 Å². The molecule has 1 heterocycles. The summed E-state index contributed by atoms with van der Waals surface area (Å²) in [6, 6.07) is -0.246. The number of morpholine rings is 1. The fraction of sp³-hybridized carbons (Fsp3) is 0.909. The summed E-state index contributed by atoms with van der Waals surface area (Å²) in [6.07, 6.45) is 3.51. The molecule has 0 aromatic carbocycles. The summed E-state index contributed by atoms with van der Waals surface area (Å²) in [5.41, 5.74) is 11.4. The molecular weight excluding hydrogens is 206 g/mol. The summed E-state index contributed by atoms with van der Waals surface area (Å²) in [5, 5.41) is 0. The van der Waals surface area contributed by atoms with Crippen LogP contribution in [-0.2, 0) is 9.53 Å². The highest BCUT2D eigenvalue weighted by molar-refractivity contribution is 5.80. The third-order valence-electron chi connectivity index (χ3n) is 3.74. The van der Waals surface area contributed by atoms with Gasteiger partial charge < -0.3 is 16.2 Å². The Labute approximate surface area is 96.1 Å². The molecule has 1 atom stereocenters. The molecule has 2 rings (SSSR count). The molecule has 0 bridgehead atoms. The number of nitrogens with two attached hydrogens (primary N) is 2. The van der Waals surface area contributed by atoms with Crippen molar-refractivity contribution in [1.29, 1.82) is 0 Å². The summed E-state index contributed by atoms with van der Waals surface area (Å²) in [7, 11) is 0. The Kier molecular flexibility index (Phi) is 3.47. The molecule has 16 heavy (non-hydrogen) atoms. The van der Waals surface area contributed by atoms with Crippen LogP contribution in [0.3, 0.4) is 0 Å². The Hall–Kier alpha value is -0.650. The predicted molar refractivity (Wildman–Crippen MR) is 60.7 cm³/mol. The van der Waals surface area contributed by atoms with Gasteiger partial charge in [-0.15, -0.1) is 0 Å². The van der Waals surface area contributed by atoms with Crippen LogP contribution in [0.15, 0.2) is 0 Å². The number of hydrogen-bond donors (Lipinski definition) is 2. The van der Waals surface area contributed by atoms with Gasteiger partial charge in [-0.1, -0.05) is 0 Å². The van der Waals surface area contributed by atoms with Gasteiger partial charge in [-0.05, 0) is 31.2 Å². The van der Waals surface area contributed by atoms with Crippen LogP contribution in [-0.4, -0.2) is 49.7 Å². The van der Waals surface area contributed by atoms with Crippen LogP contribution in [0, 0.1) is 5.41 Å². The molecule has 1 unspecified atom stereocenters. The molecule has 92 valence electrons. The van der Waals surface area contributed by atoms with E-state index < -0.39 is 0 Å². The van der Waals surface area contributed by atoms with Gasteiger partial charge in [0.05, 0.1) is 13.2 Å². The zero-order valence-corrected chi connectivity index (χ0v) is 9.65. The Balaban J connectivity index is 1.93. The number of nitrogens with zero attached hydrogens (tertiary/aromatic N) is 1. The second-order valence-electron chi connectivity index (χ2n) is 5.00. The molecule has 5 nitrogen and oxygen atoms in total. The normalized spacial score (nSPS) is 28.9. The first-order chi connectivity index (χ1) is 7.67. The first kappa shape index (κ1) is 11.8. The minimum atomic E-state index is -0.275. The Morgan fingerprint density at radius 2 is 2.25 bits per heavy atom. The maximum Gasteiger partial charge on any atom is 0.237 e. The lowest BCUT2D eigenvalue weighted by Gasteiger charge is -2.36. The number of carbonyl (C=O) groups is 1. The van der Waals surface area contributed by atoms with E-state index in [0.29, 0.717) is 18.6 Å². The highest BCUT2D eigenvalue weighted by Crippen LogP contribution is 2.49. The molecular formula is C11H21N3O2. The number of carbonyl (C=O) groups excluding carboxylic acids is 1. The van der Waals surface area contributed by atoms with Gasteiger partial charge in [0.15, 0.2) is 0 Å². The van der Waals surface area contributed by atoms with Crippen molar-refractivity contribution in [2.24, 2.45) is 16.9 Å². The lowest BCUT2D eigenvalue weighted by molar-refractivity contribution is -0.129. The van der Waals surface area contributed by atoms with Crippen molar-refractivity contribution in [2.45, 2.75) is 25.3 Å². The van der Waals surface area contributed by atoms with Crippen LogP contribution in [0.1, 0.15) is 19.3 Å². The second-order valence-corrected chi connectivity index (χ2v) is 5.00. The lowest BCUT2D eigenvalue weighted by Crippen LogP contribution is -2.54. The molecule has 0 aromatic rings. The number of primary amides is 1. The van der Waals surface area contributed by atoms with E-state index in [2.05, 4.69) is 4.90 Å². The predicted octanol–water partition coefficient (Wildman–Crippen LogP) is -0.698. The van der Waals surface area contributed by atoms with E-state index in [4.69, 9.17) is 16.2 Å². The third kappa shape index (κ3) is 2.53. The molecule has 2 aliphatic rings. The third-order valence-corrected chi connectivity index (χ3v) is 3.74. The molecule has 0 aromatic heterocycles. The first-order valence-electron chi connectivity index (χ1n) is 5.98. The first-order valence-corrected chi connectivity index (χ1v) is 5.98. The SMILES string of the molecule is NCCC1(CN2CCOCC2C(N)=O)CC1. The maximum atomic E-state index is 11.3. The molecule has 0 spiro atoms. The zero-order chi connectivity index (χ0) is 11.6. The quantitative estimate of drug-likeness (QED) is 0.651. The van der Waals surface area contributed by atoms with Crippen molar-refractivity contribution >= 4 is 5.91 Å². The molecule has 0 radical (unpaired) electrons. The molecule has 1 saturated heterocycles. The largest absolute Gasteiger partial charge is 0.378 e. The van der Waals surface area contributed by atoms with E-state index in [9.17, 15) is 4.79 Å². The Morgan fingerprint density at radius 1 is 1.50 bits per heavy atom. The maximum absolute atomic E-state index is 11.3. The average Bonchev–Trinajstić information content (AvgIpc) is 2.99. The smallest absolute Gasteiger partial charge is 0.237 e. The van der Waals surface area contributed by atoms with Crippen LogP contribution in [0.25, 0.3) is 0 Å². The number of hydrogen-bond acceptors (Lipinski definition) is 4. The standard InChI is InChI=1S/C11H21N3O2/c12-4-3-11(1-2-11)8-14-5-6-16-7-9(14)10(13)15/h9H,1-8,12H2,(H2,13,15). The highest BCUT2D eigenvalue weighted by Gasteiger charge is 2.45. The summed E-state index contributed by atoms with van der Waals surface area (Å²) >= 11 is 0. The van der Waals surface area contributed by atoms with E-state index in [0.717, 1.165) is 26.1 Å². The summed E-state index contributed by atoms with van der Waals surface area (Å²) in [6.45, 7) is 3.61. The second kappa shape index (κ2) is 4.69. The van der Waals surface area contributed by atoms with Crippen LogP contribution >= 0.6 is 0 Å². The van der Waals surface area contributed by atoms with Crippen LogP contribution in [0.4, 0.5) is 0 Å². The lowest BCUT2D eigenvalue weighted by atomic mass is 10.0. The summed E-state index contributed by atoms with van der Waals surface area (Å²) in [4.78, 5) is 13.5. The van der Waals surface area contributed by atoms with Crippen LogP contribution in [0.5, 0.6) is 0 Å². The topological polar surface area (TPSA) is 81.6 Å². The molecule has 1 aliphatic carbocycles.